The summed E-state index contributed by atoms with van der Waals surface area (Å²) in [5.41, 5.74) is 1.51. The SMILES string of the molecule is Cc1nc(COc2cccc(/C=C/C(=O)NCC(=O)NCC(F)(F)F)c2)cs1. The Morgan fingerprint density at radius 3 is 2.75 bits per heavy atom. The molecule has 2 rings (SSSR count). The lowest BCUT2D eigenvalue weighted by Crippen LogP contribution is -2.40. The second-order valence-corrected chi connectivity index (χ2v) is 6.72. The molecule has 0 aliphatic rings. The summed E-state index contributed by atoms with van der Waals surface area (Å²) in [5.74, 6) is -0.932. The lowest BCUT2D eigenvalue weighted by molar-refractivity contribution is -0.138. The third-order valence-corrected chi connectivity index (χ3v) is 4.07. The van der Waals surface area contributed by atoms with Crippen LogP contribution >= 0.6 is 11.3 Å². The number of hydrogen-bond acceptors (Lipinski definition) is 5. The van der Waals surface area contributed by atoms with Crippen LogP contribution in [0.5, 0.6) is 5.75 Å². The Bertz CT molecular complexity index is 850. The fraction of sp³-hybridized carbons (Fsp3) is 0.278. The molecule has 2 aromatic rings. The van der Waals surface area contributed by atoms with E-state index in [1.54, 1.807) is 29.6 Å². The quantitative estimate of drug-likeness (QED) is 0.653. The zero-order valence-corrected chi connectivity index (χ0v) is 15.7. The first kappa shape index (κ1) is 21.4. The fourth-order valence-corrected chi connectivity index (χ4v) is 2.60. The minimum Gasteiger partial charge on any atom is -0.487 e. The van der Waals surface area contributed by atoms with Crippen LogP contribution < -0.4 is 15.4 Å². The molecule has 0 aliphatic carbocycles. The molecule has 150 valence electrons. The van der Waals surface area contributed by atoms with E-state index in [-0.39, 0.29) is 0 Å². The molecule has 0 atom stereocenters. The molecule has 1 aromatic carbocycles. The molecule has 0 unspecified atom stereocenters. The van der Waals surface area contributed by atoms with Crippen LogP contribution in [0, 0.1) is 6.92 Å². The van der Waals surface area contributed by atoms with Crippen LogP contribution in [0.3, 0.4) is 0 Å². The third kappa shape index (κ3) is 8.21. The zero-order chi connectivity index (χ0) is 20.6. The van der Waals surface area contributed by atoms with Crippen molar-refractivity contribution in [2.45, 2.75) is 19.7 Å². The van der Waals surface area contributed by atoms with E-state index in [2.05, 4.69) is 10.3 Å². The Kier molecular flexibility index (Phi) is 7.56. The van der Waals surface area contributed by atoms with Gasteiger partial charge in [-0.05, 0) is 30.7 Å². The van der Waals surface area contributed by atoms with Crippen molar-refractivity contribution in [3.8, 4) is 5.75 Å². The number of amides is 2. The van der Waals surface area contributed by atoms with Crippen LogP contribution in [0.2, 0.25) is 0 Å². The molecule has 1 heterocycles. The maximum atomic E-state index is 12.0. The summed E-state index contributed by atoms with van der Waals surface area (Å²) >= 11 is 1.53. The molecule has 0 radical (unpaired) electrons. The highest BCUT2D eigenvalue weighted by Gasteiger charge is 2.27. The van der Waals surface area contributed by atoms with Crippen LogP contribution in [0.25, 0.3) is 6.08 Å². The van der Waals surface area contributed by atoms with Gasteiger partial charge in [-0.1, -0.05) is 12.1 Å². The van der Waals surface area contributed by atoms with Gasteiger partial charge >= 0.3 is 6.18 Å². The third-order valence-electron chi connectivity index (χ3n) is 3.25. The number of rotatable bonds is 8. The fourth-order valence-electron chi connectivity index (χ4n) is 2.00. The molecule has 28 heavy (non-hydrogen) atoms. The predicted molar refractivity (Wildman–Crippen MR) is 98.7 cm³/mol. The van der Waals surface area contributed by atoms with E-state index in [1.807, 2.05) is 12.3 Å². The highest BCUT2D eigenvalue weighted by atomic mass is 32.1. The zero-order valence-electron chi connectivity index (χ0n) is 14.9. The van der Waals surface area contributed by atoms with E-state index in [0.29, 0.717) is 17.9 Å². The van der Waals surface area contributed by atoms with E-state index in [0.717, 1.165) is 10.7 Å². The van der Waals surface area contributed by atoms with E-state index < -0.39 is 31.1 Å². The van der Waals surface area contributed by atoms with Crippen molar-refractivity contribution in [3.63, 3.8) is 0 Å². The van der Waals surface area contributed by atoms with Gasteiger partial charge in [0.2, 0.25) is 11.8 Å². The van der Waals surface area contributed by atoms with Crippen LogP contribution in [-0.2, 0) is 16.2 Å². The topological polar surface area (TPSA) is 80.3 Å². The standard InChI is InChI=1S/C18H18F3N3O3S/c1-12-24-14(10-28-12)9-27-15-4-2-3-13(7-15)5-6-16(25)22-8-17(26)23-11-18(19,20)21/h2-7,10H,8-9,11H2,1H3,(H,22,25)(H,23,26)/b6-5+. The Balaban J connectivity index is 1.79. The van der Waals surface area contributed by atoms with E-state index in [1.165, 1.54) is 23.5 Å². The predicted octanol–water partition coefficient (Wildman–Crippen LogP) is 2.84. The maximum Gasteiger partial charge on any atom is 0.405 e. The lowest BCUT2D eigenvalue weighted by atomic mass is 10.2. The van der Waals surface area contributed by atoms with Crippen molar-refractivity contribution in [2.75, 3.05) is 13.1 Å². The van der Waals surface area contributed by atoms with Gasteiger partial charge in [-0.2, -0.15) is 13.2 Å². The minimum atomic E-state index is -4.50. The van der Waals surface area contributed by atoms with Crippen LogP contribution in [0.4, 0.5) is 13.2 Å². The lowest BCUT2D eigenvalue weighted by Gasteiger charge is -2.08. The number of alkyl halides is 3. The van der Waals surface area contributed by atoms with E-state index in [4.69, 9.17) is 4.74 Å². The van der Waals surface area contributed by atoms with Crippen LogP contribution in [0.15, 0.2) is 35.7 Å². The summed E-state index contributed by atoms with van der Waals surface area (Å²) in [7, 11) is 0. The number of nitrogens with zero attached hydrogens (tertiary/aromatic N) is 1. The largest absolute Gasteiger partial charge is 0.487 e. The number of aromatic nitrogens is 1. The summed E-state index contributed by atoms with van der Waals surface area (Å²) in [6.07, 6.45) is -1.81. The minimum absolute atomic E-state index is 0.324. The highest BCUT2D eigenvalue weighted by molar-refractivity contribution is 7.09. The van der Waals surface area contributed by atoms with E-state index >= 15 is 0 Å². The van der Waals surface area contributed by atoms with Crippen molar-refractivity contribution in [3.05, 3.63) is 52.0 Å². The number of carbonyl (C=O) groups excluding carboxylic acids is 2. The average molecular weight is 413 g/mol. The monoisotopic (exact) mass is 413 g/mol. The second-order valence-electron chi connectivity index (χ2n) is 5.66. The van der Waals surface area contributed by atoms with Gasteiger partial charge in [0.15, 0.2) is 0 Å². The average Bonchev–Trinajstić information content (AvgIpc) is 3.06. The molecular formula is C18H18F3N3O3S. The number of thiazole rings is 1. The first-order valence-electron chi connectivity index (χ1n) is 8.14. The molecule has 6 nitrogen and oxygen atoms in total. The first-order chi connectivity index (χ1) is 13.2. The van der Waals surface area contributed by atoms with Crippen molar-refractivity contribution in [2.24, 2.45) is 0 Å². The number of aryl methyl sites for hydroxylation is 1. The van der Waals surface area contributed by atoms with Crippen LogP contribution in [-0.4, -0.2) is 36.1 Å². The van der Waals surface area contributed by atoms with Gasteiger partial charge in [0.05, 0.1) is 17.2 Å². The number of carbonyl (C=O) groups is 2. The van der Waals surface area contributed by atoms with Gasteiger partial charge in [0.25, 0.3) is 0 Å². The Hall–Kier alpha value is -2.88. The summed E-state index contributed by atoms with van der Waals surface area (Å²) in [5, 5.41) is 6.74. The molecule has 0 saturated carbocycles. The molecule has 0 bridgehead atoms. The number of hydrogen-bond donors (Lipinski definition) is 2. The van der Waals surface area contributed by atoms with Crippen molar-refractivity contribution >= 4 is 29.2 Å². The van der Waals surface area contributed by atoms with Crippen molar-refractivity contribution < 1.29 is 27.5 Å². The highest BCUT2D eigenvalue weighted by Crippen LogP contribution is 2.17. The van der Waals surface area contributed by atoms with Crippen molar-refractivity contribution in [1.82, 2.24) is 15.6 Å². The second kappa shape index (κ2) is 9.88. The Morgan fingerprint density at radius 1 is 1.29 bits per heavy atom. The maximum absolute atomic E-state index is 12.0. The molecule has 10 heteroatoms. The van der Waals surface area contributed by atoms with Crippen LogP contribution in [0.1, 0.15) is 16.3 Å². The Morgan fingerprint density at radius 2 is 2.07 bits per heavy atom. The van der Waals surface area contributed by atoms with Gasteiger partial charge in [-0.15, -0.1) is 11.3 Å². The smallest absolute Gasteiger partial charge is 0.405 e. The van der Waals surface area contributed by atoms with E-state index in [9.17, 15) is 22.8 Å². The molecule has 0 fully saturated rings. The number of halogens is 3. The number of ether oxygens (including phenoxy) is 1. The van der Waals surface area contributed by atoms with Crippen molar-refractivity contribution in [1.29, 1.82) is 0 Å². The molecule has 0 spiro atoms. The van der Waals surface area contributed by atoms with Gasteiger partial charge in [0, 0.05) is 11.5 Å². The number of benzene rings is 1. The van der Waals surface area contributed by atoms with Gasteiger partial charge in [0.1, 0.15) is 18.9 Å². The molecule has 0 aliphatic heterocycles. The molecule has 0 saturated heterocycles. The Labute approximate surface area is 163 Å². The first-order valence-corrected chi connectivity index (χ1v) is 9.02. The number of nitrogens with one attached hydrogen (secondary N) is 2. The van der Waals surface area contributed by atoms with Gasteiger partial charge in [-0.3, -0.25) is 9.59 Å². The summed E-state index contributed by atoms with van der Waals surface area (Å²) < 4.78 is 41.6. The summed E-state index contributed by atoms with van der Waals surface area (Å²) in [6.45, 7) is 0.246. The molecule has 1 aromatic heterocycles. The summed E-state index contributed by atoms with van der Waals surface area (Å²) in [4.78, 5) is 27.2. The molecule has 2 amide bonds. The van der Waals surface area contributed by atoms with Gasteiger partial charge < -0.3 is 15.4 Å². The molecular weight excluding hydrogens is 395 g/mol. The molecule has 2 N–H and O–H groups in total. The normalized spacial score (nSPS) is 11.4. The summed E-state index contributed by atoms with van der Waals surface area (Å²) in [6, 6.07) is 6.99. The van der Waals surface area contributed by atoms with Gasteiger partial charge in [-0.25, -0.2) is 4.98 Å².